The van der Waals surface area contributed by atoms with Gasteiger partial charge in [0, 0.05) is 21.8 Å². The third-order valence-electron chi connectivity index (χ3n) is 7.58. The molecule has 0 aliphatic carbocycles. The van der Waals surface area contributed by atoms with Gasteiger partial charge in [-0.3, -0.25) is 4.99 Å². The van der Waals surface area contributed by atoms with Crippen molar-refractivity contribution in [3.05, 3.63) is 173 Å². The number of hydrogen-bond acceptors (Lipinski definition) is 2. The van der Waals surface area contributed by atoms with E-state index in [-0.39, 0.29) is 6.17 Å². The molecular weight excluding hydrogens is 520 g/mol. The second kappa shape index (κ2) is 10.9. The first-order valence-corrected chi connectivity index (χ1v) is 14.2. The third kappa shape index (κ3) is 5.06. The molecule has 1 aliphatic rings. The van der Waals surface area contributed by atoms with E-state index in [1.165, 1.54) is 33.0 Å². The zero-order valence-corrected chi connectivity index (χ0v) is 23.1. The van der Waals surface area contributed by atoms with Gasteiger partial charge in [0.2, 0.25) is 0 Å². The number of nitrogens with one attached hydrogen (secondary N) is 1. The van der Waals surface area contributed by atoms with Gasteiger partial charge in [0.1, 0.15) is 6.17 Å². The van der Waals surface area contributed by atoms with Crippen molar-refractivity contribution < 1.29 is 0 Å². The molecule has 0 spiro atoms. The number of benzene rings is 6. The highest BCUT2D eigenvalue weighted by atomic mass is 35.5. The summed E-state index contributed by atoms with van der Waals surface area (Å²) in [6, 6.07) is 50.7. The molecule has 6 aromatic rings. The van der Waals surface area contributed by atoms with Crippen LogP contribution in [0.5, 0.6) is 0 Å². The lowest BCUT2D eigenvalue weighted by Crippen LogP contribution is -2.25. The van der Waals surface area contributed by atoms with Crippen LogP contribution in [0.3, 0.4) is 0 Å². The maximum atomic E-state index is 6.42. The molecule has 0 aromatic heterocycles. The Morgan fingerprint density at radius 1 is 0.537 bits per heavy atom. The van der Waals surface area contributed by atoms with Crippen LogP contribution < -0.4 is 5.32 Å². The van der Waals surface area contributed by atoms with Gasteiger partial charge in [0.15, 0.2) is 0 Å². The molecule has 2 nitrogen and oxygen atoms in total. The van der Waals surface area contributed by atoms with Gasteiger partial charge < -0.3 is 5.32 Å². The molecule has 0 bridgehead atoms. The molecule has 1 atom stereocenters. The van der Waals surface area contributed by atoms with Gasteiger partial charge in [-0.25, -0.2) is 0 Å². The van der Waals surface area contributed by atoms with Gasteiger partial charge in [-0.15, -0.1) is 0 Å². The van der Waals surface area contributed by atoms with Crippen molar-refractivity contribution in [3.8, 4) is 22.3 Å². The van der Waals surface area contributed by atoms with Gasteiger partial charge >= 0.3 is 0 Å². The summed E-state index contributed by atoms with van der Waals surface area (Å²) < 4.78 is 0. The minimum absolute atomic E-state index is 0.260. The van der Waals surface area contributed by atoms with Crippen molar-refractivity contribution in [2.75, 3.05) is 0 Å². The van der Waals surface area contributed by atoms with E-state index in [1.54, 1.807) is 0 Å². The van der Waals surface area contributed by atoms with Crippen molar-refractivity contribution in [2.24, 2.45) is 4.99 Å². The lowest BCUT2D eigenvalue weighted by atomic mass is 9.91. The number of aliphatic imine (C=N–C) groups is 1. The predicted molar refractivity (Wildman–Crippen MR) is 173 cm³/mol. The molecule has 1 unspecified atom stereocenters. The fourth-order valence-electron chi connectivity index (χ4n) is 5.58. The SMILES string of the molecule is Clc1cccc(C2=NC(c3cccc4ccccc34)NC(c3ccc(-c4ccccc4)c(-c4ccccc4)c3)=C2)c1. The second-order valence-electron chi connectivity index (χ2n) is 10.2. The summed E-state index contributed by atoms with van der Waals surface area (Å²) in [5.41, 5.74) is 9.90. The summed E-state index contributed by atoms with van der Waals surface area (Å²) in [5, 5.41) is 6.85. The molecule has 1 heterocycles. The molecule has 0 fully saturated rings. The van der Waals surface area contributed by atoms with Crippen LogP contribution >= 0.6 is 11.6 Å². The minimum Gasteiger partial charge on any atom is -0.359 e. The average molecular weight is 547 g/mol. The summed E-state index contributed by atoms with van der Waals surface area (Å²) in [6.45, 7) is 0. The maximum Gasteiger partial charge on any atom is 0.146 e. The highest BCUT2D eigenvalue weighted by molar-refractivity contribution is 6.31. The number of hydrogen-bond donors (Lipinski definition) is 1. The molecule has 7 rings (SSSR count). The van der Waals surface area contributed by atoms with Gasteiger partial charge in [-0.1, -0.05) is 139 Å². The zero-order valence-electron chi connectivity index (χ0n) is 22.3. The van der Waals surface area contributed by atoms with Gasteiger partial charge in [0.25, 0.3) is 0 Å². The molecule has 0 radical (unpaired) electrons. The van der Waals surface area contributed by atoms with Crippen molar-refractivity contribution in [1.82, 2.24) is 5.32 Å². The van der Waals surface area contributed by atoms with Crippen LogP contribution in [-0.4, -0.2) is 5.71 Å². The Balaban J connectivity index is 1.39. The fraction of sp³-hybridized carbons (Fsp3) is 0.0263. The van der Waals surface area contributed by atoms with Crippen LogP contribution in [0.2, 0.25) is 5.02 Å². The molecule has 6 aromatic carbocycles. The van der Waals surface area contributed by atoms with Crippen LogP contribution in [0.15, 0.2) is 157 Å². The Morgan fingerprint density at radius 3 is 1.98 bits per heavy atom. The molecule has 0 saturated carbocycles. The van der Waals surface area contributed by atoms with Gasteiger partial charge in [-0.05, 0) is 62.9 Å². The van der Waals surface area contributed by atoms with E-state index in [9.17, 15) is 0 Å². The van der Waals surface area contributed by atoms with Crippen molar-refractivity contribution >= 4 is 33.8 Å². The first-order chi connectivity index (χ1) is 20.2. The van der Waals surface area contributed by atoms with E-state index in [2.05, 4.69) is 139 Å². The molecule has 0 saturated heterocycles. The number of rotatable bonds is 5. The summed E-state index contributed by atoms with van der Waals surface area (Å²) in [6.07, 6.45) is 1.88. The maximum absolute atomic E-state index is 6.42. The Kier molecular flexibility index (Phi) is 6.68. The van der Waals surface area contributed by atoms with E-state index < -0.39 is 0 Å². The first kappa shape index (κ1) is 25.1. The largest absolute Gasteiger partial charge is 0.359 e. The summed E-state index contributed by atoms with van der Waals surface area (Å²) in [7, 11) is 0. The van der Waals surface area contributed by atoms with Crippen molar-refractivity contribution in [1.29, 1.82) is 0 Å². The van der Waals surface area contributed by atoms with E-state index in [0.29, 0.717) is 5.02 Å². The number of allylic oxidation sites excluding steroid dienone is 1. The van der Waals surface area contributed by atoms with Crippen LogP contribution in [-0.2, 0) is 0 Å². The predicted octanol–water partition coefficient (Wildman–Crippen LogP) is 9.96. The number of fused-ring (bicyclic) bond motifs is 1. The average Bonchev–Trinajstić information content (AvgIpc) is 3.05. The van der Waals surface area contributed by atoms with Crippen LogP contribution in [0.4, 0.5) is 0 Å². The highest BCUT2D eigenvalue weighted by Crippen LogP contribution is 2.36. The summed E-state index contributed by atoms with van der Waals surface area (Å²) in [5.74, 6) is 0. The lowest BCUT2D eigenvalue weighted by Gasteiger charge is -2.26. The molecule has 41 heavy (non-hydrogen) atoms. The normalized spacial score (nSPS) is 14.7. The monoisotopic (exact) mass is 546 g/mol. The summed E-state index contributed by atoms with van der Waals surface area (Å²) >= 11 is 6.42. The van der Waals surface area contributed by atoms with E-state index >= 15 is 0 Å². The highest BCUT2D eigenvalue weighted by Gasteiger charge is 2.22. The van der Waals surface area contributed by atoms with E-state index in [4.69, 9.17) is 16.6 Å². The van der Waals surface area contributed by atoms with Crippen molar-refractivity contribution in [2.45, 2.75) is 6.17 Å². The van der Waals surface area contributed by atoms with Crippen molar-refractivity contribution in [3.63, 3.8) is 0 Å². The van der Waals surface area contributed by atoms with Crippen LogP contribution in [0.1, 0.15) is 22.9 Å². The lowest BCUT2D eigenvalue weighted by molar-refractivity contribution is 0.669. The Morgan fingerprint density at radius 2 is 1.20 bits per heavy atom. The smallest absolute Gasteiger partial charge is 0.146 e. The summed E-state index contributed by atoms with van der Waals surface area (Å²) in [4.78, 5) is 5.21. The Bertz CT molecular complexity index is 1920. The molecular formula is C38H27ClN2. The van der Waals surface area contributed by atoms with E-state index in [1.807, 2.05) is 18.2 Å². The zero-order chi connectivity index (χ0) is 27.6. The van der Waals surface area contributed by atoms with Crippen LogP contribution in [0, 0.1) is 0 Å². The minimum atomic E-state index is -0.260. The fourth-order valence-corrected chi connectivity index (χ4v) is 5.77. The topological polar surface area (TPSA) is 24.4 Å². The number of nitrogens with zero attached hydrogens (tertiary/aromatic N) is 1. The number of halogens is 1. The molecule has 196 valence electrons. The molecule has 0 amide bonds. The first-order valence-electron chi connectivity index (χ1n) is 13.8. The Hall–Kier alpha value is -4.92. The van der Waals surface area contributed by atoms with E-state index in [0.717, 1.165) is 28.1 Å². The molecule has 3 heteroatoms. The second-order valence-corrected chi connectivity index (χ2v) is 10.6. The van der Waals surface area contributed by atoms with Crippen LogP contribution in [0.25, 0.3) is 38.7 Å². The Labute approximate surface area is 245 Å². The molecule has 1 N–H and O–H groups in total. The molecule has 1 aliphatic heterocycles. The van der Waals surface area contributed by atoms with Gasteiger partial charge in [-0.2, -0.15) is 0 Å². The quantitative estimate of drug-likeness (QED) is 0.228. The standard InChI is InChI=1S/C38H27ClN2/c39-31-18-9-17-29(23-31)36-25-37(41-38(40-36)34-20-10-16-27-15-7-8-19-32(27)34)30-21-22-33(26-11-3-1-4-12-26)35(24-30)28-13-5-2-6-14-28/h1-25,38,41H. The van der Waals surface area contributed by atoms with Gasteiger partial charge in [0.05, 0.1) is 5.71 Å². The third-order valence-corrected chi connectivity index (χ3v) is 7.82.